The minimum atomic E-state index is 0.0756. The van der Waals surface area contributed by atoms with E-state index in [1.54, 1.807) is 23.1 Å². The summed E-state index contributed by atoms with van der Waals surface area (Å²) < 4.78 is 1.18. The van der Waals surface area contributed by atoms with Crippen LogP contribution in [0.5, 0.6) is 0 Å². The third-order valence-corrected chi connectivity index (χ3v) is 4.64. The maximum absolute atomic E-state index is 7.71. The first-order valence-corrected chi connectivity index (χ1v) is 7.39. The molecule has 0 bridgehead atoms. The molecule has 3 nitrogen and oxygen atoms in total. The smallest absolute Gasteiger partial charge is 0.123 e. The van der Waals surface area contributed by atoms with E-state index in [0.29, 0.717) is 0 Å². The fraction of sp³-hybridized carbons (Fsp3) is 0. The van der Waals surface area contributed by atoms with Gasteiger partial charge in [-0.1, -0.05) is 36.0 Å². The summed E-state index contributed by atoms with van der Waals surface area (Å²) >= 11 is 3.27. The van der Waals surface area contributed by atoms with Gasteiger partial charge in [0.1, 0.15) is 10.9 Å². The summed E-state index contributed by atoms with van der Waals surface area (Å²) in [7, 11) is 0. The average molecular weight is 285 g/mol. The van der Waals surface area contributed by atoms with E-state index >= 15 is 0 Å². The number of hydrogen-bond acceptors (Lipinski definition) is 4. The van der Waals surface area contributed by atoms with Gasteiger partial charge in [0, 0.05) is 10.9 Å². The molecule has 3 aromatic rings. The number of amidine groups is 1. The molecule has 19 heavy (non-hydrogen) atoms. The van der Waals surface area contributed by atoms with Crippen molar-refractivity contribution < 1.29 is 0 Å². The van der Waals surface area contributed by atoms with Crippen LogP contribution in [0, 0.1) is 5.41 Å². The maximum Gasteiger partial charge on any atom is 0.123 e. The van der Waals surface area contributed by atoms with Crippen molar-refractivity contribution in [2.45, 2.75) is 9.24 Å². The fourth-order valence-corrected chi connectivity index (χ4v) is 3.59. The zero-order valence-electron chi connectivity index (χ0n) is 9.96. The highest BCUT2D eigenvalue weighted by atomic mass is 32.2. The van der Waals surface area contributed by atoms with Crippen molar-refractivity contribution in [2.24, 2.45) is 5.73 Å². The number of rotatable bonds is 3. The quantitative estimate of drug-likeness (QED) is 0.569. The second-order valence-corrected chi connectivity index (χ2v) is 6.24. The number of para-hydroxylation sites is 1. The number of benzene rings is 1. The number of nitrogens with two attached hydrogens (primary N) is 1. The highest BCUT2D eigenvalue weighted by Crippen LogP contribution is 2.32. The lowest BCUT2D eigenvalue weighted by molar-refractivity contribution is 1.18. The fourth-order valence-electron chi connectivity index (χ4n) is 1.85. The Labute approximate surface area is 119 Å². The molecule has 0 radical (unpaired) electrons. The van der Waals surface area contributed by atoms with Crippen LogP contribution in [-0.4, -0.2) is 10.8 Å². The van der Waals surface area contributed by atoms with Gasteiger partial charge in [0.15, 0.2) is 0 Å². The molecule has 5 heteroatoms. The summed E-state index contributed by atoms with van der Waals surface area (Å²) in [5.41, 5.74) is 7.28. The van der Waals surface area contributed by atoms with Gasteiger partial charge in [0.2, 0.25) is 0 Å². The molecule has 0 aliphatic carbocycles. The van der Waals surface area contributed by atoms with Crippen molar-refractivity contribution in [3.05, 3.63) is 53.4 Å². The second-order valence-electron chi connectivity index (χ2n) is 3.97. The van der Waals surface area contributed by atoms with Crippen molar-refractivity contribution in [2.75, 3.05) is 0 Å². The van der Waals surface area contributed by atoms with E-state index in [0.717, 1.165) is 21.5 Å². The minimum Gasteiger partial charge on any atom is -0.384 e. The number of thiophene rings is 1. The van der Waals surface area contributed by atoms with Crippen LogP contribution in [-0.2, 0) is 0 Å². The molecule has 1 aromatic carbocycles. The van der Waals surface area contributed by atoms with E-state index < -0.39 is 0 Å². The zero-order valence-corrected chi connectivity index (χ0v) is 11.6. The van der Waals surface area contributed by atoms with E-state index in [4.69, 9.17) is 11.1 Å². The van der Waals surface area contributed by atoms with E-state index in [1.807, 2.05) is 41.8 Å². The molecule has 3 rings (SSSR count). The van der Waals surface area contributed by atoms with Gasteiger partial charge in [0.05, 0.1) is 9.73 Å². The van der Waals surface area contributed by atoms with Gasteiger partial charge in [-0.3, -0.25) is 5.41 Å². The Balaban J connectivity index is 2.13. The van der Waals surface area contributed by atoms with Gasteiger partial charge < -0.3 is 5.73 Å². The molecule has 0 saturated carbocycles. The number of nitrogens with one attached hydrogen (secondary N) is 1. The molecule has 2 heterocycles. The Morgan fingerprint density at radius 2 is 2.05 bits per heavy atom. The van der Waals surface area contributed by atoms with Crippen LogP contribution in [0.1, 0.15) is 5.56 Å². The Kier molecular flexibility index (Phi) is 3.23. The van der Waals surface area contributed by atoms with Gasteiger partial charge in [0.25, 0.3) is 0 Å². The van der Waals surface area contributed by atoms with E-state index in [1.165, 1.54) is 4.21 Å². The Morgan fingerprint density at radius 1 is 1.21 bits per heavy atom. The molecule has 0 spiro atoms. The van der Waals surface area contributed by atoms with Crippen LogP contribution in [0.25, 0.3) is 10.9 Å². The van der Waals surface area contributed by atoms with E-state index in [9.17, 15) is 0 Å². The number of nitrogen functional groups attached to an aromatic ring is 1. The summed E-state index contributed by atoms with van der Waals surface area (Å²) in [6, 6.07) is 13.7. The normalized spacial score (nSPS) is 10.7. The lowest BCUT2D eigenvalue weighted by Gasteiger charge is -2.07. The number of nitrogens with zero attached hydrogens (tertiary/aromatic N) is 1. The Bertz CT molecular complexity index is 736. The van der Waals surface area contributed by atoms with Crippen LogP contribution in [0.4, 0.5) is 0 Å². The van der Waals surface area contributed by atoms with Crippen LogP contribution < -0.4 is 5.73 Å². The van der Waals surface area contributed by atoms with Gasteiger partial charge in [-0.05, 0) is 23.6 Å². The predicted octanol–water partition coefficient (Wildman–Crippen LogP) is 3.73. The van der Waals surface area contributed by atoms with Crippen molar-refractivity contribution in [3.63, 3.8) is 0 Å². The molecule has 0 fully saturated rings. The number of hydrogen-bond donors (Lipinski definition) is 2. The minimum absolute atomic E-state index is 0.0756. The first-order valence-electron chi connectivity index (χ1n) is 5.69. The van der Waals surface area contributed by atoms with Crippen LogP contribution in [0.15, 0.2) is 57.1 Å². The second kappa shape index (κ2) is 5.03. The van der Waals surface area contributed by atoms with Crippen molar-refractivity contribution in [1.29, 1.82) is 5.41 Å². The summed E-state index contributed by atoms with van der Waals surface area (Å²) in [4.78, 5) is 4.61. The number of fused-ring (bicyclic) bond motifs is 1. The molecule has 3 N–H and O–H groups in total. The molecular weight excluding hydrogens is 274 g/mol. The molecule has 2 aromatic heterocycles. The third kappa shape index (κ3) is 2.47. The third-order valence-electron chi connectivity index (χ3n) is 2.68. The number of aromatic nitrogens is 1. The number of pyridine rings is 1. The Hall–Kier alpha value is -1.85. The predicted molar refractivity (Wildman–Crippen MR) is 81.2 cm³/mol. The zero-order chi connectivity index (χ0) is 13.2. The lowest BCUT2D eigenvalue weighted by Crippen LogP contribution is -2.12. The average Bonchev–Trinajstić information content (AvgIpc) is 2.90. The largest absolute Gasteiger partial charge is 0.384 e. The van der Waals surface area contributed by atoms with Crippen LogP contribution >= 0.6 is 23.1 Å². The topological polar surface area (TPSA) is 62.8 Å². The van der Waals surface area contributed by atoms with Crippen molar-refractivity contribution in [1.82, 2.24) is 4.98 Å². The Morgan fingerprint density at radius 3 is 2.79 bits per heavy atom. The molecule has 0 unspecified atom stereocenters. The van der Waals surface area contributed by atoms with Gasteiger partial charge >= 0.3 is 0 Å². The van der Waals surface area contributed by atoms with Crippen molar-refractivity contribution in [3.8, 4) is 0 Å². The molecular formula is C14H11N3S2. The first-order chi connectivity index (χ1) is 9.24. The molecule has 0 aliphatic heterocycles. The highest BCUT2D eigenvalue weighted by Gasteiger charge is 2.09. The maximum atomic E-state index is 7.71. The van der Waals surface area contributed by atoms with Crippen LogP contribution in [0.2, 0.25) is 0 Å². The summed E-state index contributed by atoms with van der Waals surface area (Å²) in [5.74, 6) is 0.0756. The van der Waals surface area contributed by atoms with Gasteiger partial charge in [-0.15, -0.1) is 11.3 Å². The molecule has 0 saturated heterocycles. The molecule has 94 valence electrons. The SMILES string of the molecule is N=C(N)c1cc(Sc2cccs2)nc2ccccc12. The molecule has 0 amide bonds. The van der Waals surface area contributed by atoms with E-state index in [-0.39, 0.29) is 5.84 Å². The molecule has 0 aliphatic rings. The summed E-state index contributed by atoms with van der Waals surface area (Å²) in [6.45, 7) is 0. The highest BCUT2D eigenvalue weighted by molar-refractivity contribution is 8.01. The van der Waals surface area contributed by atoms with Gasteiger partial charge in [-0.2, -0.15) is 0 Å². The summed E-state index contributed by atoms with van der Waals surface area (Å²) in [6.07, 6.45) is 0. The standard InChI is InChI=1S/C14H11N3S2/c15-14(16)10-8-12(19-13-6-3-7-18-13)17-11-5-2-1-4-9(10)11/h1-8H,(H3,15,16). The van der Waals surface area contributed by atoms with Crippen molar-refractivity contribution >= 4 is 39.8 Å². The van der Waals surface area contributed by atoms with E-state index in [2.05, 4.69) is 11.1 Å². The lowest BCUT2D eigenvalue weighted by atomic mass is 10.1. The molecule has 0 atom stereocenters. The monoisotopic (exact) mass is 285 g/mol. The van der Waals surface area contributed by atoms with Crippen LogP contribution in [0.3, 0.4) is 0 Å². The first kappa shape index (κ1) is 12.2. The summed E-state index contributed by atoms with van der Waals surface area (Å²) in [5, 5.41) is 11.5. The van der Waals surface area contributed by atoms with Gasteiger partial charge in [-0.25, -0.2) is 4.98 Å².